The number of aliphatic hydroxyl groups excluding tert-OH is 1. The van der Waals surface area contributed by atoms with Gasteiger partial charge >= 0.3 is 0 Å². The average Bonchev–Trinajstić information content (AvgIpc) is 2.72. The molecular weight excluding hydrogens is 262 g/mol. The van der Waals surface area contributed by atoms with Gasteiger partial charge < -0.3 is 15.0 Å². The van der Waals surface area contributed by atoms with E-state index in [1.807, 2.05) is 32.2 Å². The van der Waals surface area contributed by atoms with Crippen LogP contribution in [0.4, 0.5) is 0 Å². The SMILES string of the molecule is CC(CO)CNC(C)c1nc2cc(Cl)ccc2n1C. The Balaban J connectivity index is 2.22. The molecule has 0 amide bonds. The molecular formula is C14H20ClN3O. The van der Waals surface area contributed by atoms with Crippen LogP contribution in [0.1, 0.15) is 25.7 Å². The number of aryl methyl sites for hydroxylation is 1. The summed E-state index contributed by atoms with van der Waals surface area (Å²) in [5, 5.41) is 13.1. The first-order chi connectivity index (χ1) is 9.02. The van der Waals surface area contributed by atoms with Gasteiger partial charge in [0.05, 0.1) is 17.1 Å². The van der Waals surface area contributed by atoms with E-state index < -0.39 is 0 Å². The van der Waals surface area contributed by atoms with Crippen LogP contribution in [0.2, 0.25) is 5.02 Å². The highest BCUT2D eigenvalue weighted by Crippen LogP contribution is 2.22. The van der Waals surface area contributed by atoms with Crippen molar-refractivity contribution in [1.29, 1.82) is 0 Å². The molecule has 1 aromatic heterocycles. The second-order valence-corrected chi connectivity index (χ2v) is 5.52. The van der Waals surface area contributed by atoms with E-state index in [0.717, 1.165) is 23.4 Å². The summed E-state index contributed by atoms with van der Waals surface area (Å²) in [6, 6.07) is 5.87. The van der Waals surface area contributed by atoms with Gasteiger partial charge in [-0.05, 0) is 31.0 Å². The largest absolute Gasteiger partial charge is 0.396 e. The van der Waals surface area contributed by atoms with Crippen molar-refractivity contribution in [2.75, 3.05) is 13.2 Å². The molecule has 0 aliphatic rings. The molecule has 0 aliphatic carbocycles. The van der Waals surface area contributed by atoms with Crippen LogP contribution in [0.25, 0.3) is 11.0 Å². The third kappa shape index (κ3) is 3.08. The van der Waals surface area contributed by atoms with Gasteiger partial charge in [0.1, 0.15) is 5.82 Å². The van der Waals surface area contributed by atoms with Gasteiger partial charge in [0.2, 0.25) is 0 Å². The van der Waals surface area contributed by atoms with Crippen molar-refractivity contribution in [3.63, 3.8) is 0 Å². The van der Waals surface area contributed by atoms with Crippen molar-refractivity contribution in [3.05, 3.63) is 29.0 Å². The molecule has 1 heterocycles. The highest BCUT2D eigenvalue weighted by atomic mass is 35.5. The van der Waals surface area contributed by atoms with Crippen LogP contribution in [0, 0.1) is 5.92 Å². The van der Waals surface area contributed by atoms with E-state index in [1.165, 1.54) is 0 Å². The van der Waals surface area contributed by atoms with E-state index in [0.29, 0.717) is 5.02 Å². The van der Waals surface area contributed by atoms with E-state index >= 15 is 0 Å². The molecule has 0 bridgehead atoms. The Morgan fingerprint density at radius 2 is 2.16 bits per heavy atom. The zero-order valence-corrected chi connectivity index (χ0v) is 12.3. The number of rotatable bonds is 5. The van der Waals surface area contributed by atoms with Gasteiger partial charge in [-0.2, -0.15) is 0 Å². The molecule has 5 heteroatoms. The van der Waals surface area contributed by atoms with Crippen molar-refractivity contribution < 1.29 is 5.11 Å². The molecule has 2 rings (SSSR count). The highest BCUT2D eigenvalue weighted by molar-refractivity contribution is 6.31. The Hall–Kier alpha value is -1.10. The van der Waals surface area contributed by atoms with Crippen molar-refractivity contribution >= 4 is 22.6 Å². The summed E-state index contributed by atoms with van der Waals surface area (Å²) in [6.45, 7) is 5.04. The smallest absolute Gasteiger partial charge is 0.126 e. The Kier molecular flexibility index (Phi) is 4.45. The predicted molar refractivity (Wildman–Crippen MR) is 78.4 cm³/mol. The van der Waals surface area contributed by atoms with Crippen LogP contribution in [0.15, 0.2) is 18.2 Å². The number of imidazole rings is 1. The lowest BCUT2D eigenvalue weighted by Crippen LogP contribution is -2.27. The second-order valence-electron chi connectivity index (χ2n) is 5.08. The summed E-state index contributed by atoms with van der Waals surface area (Å²) in [6.07, 6.45) is 0. The fourth-order valence-electron chi connectivity index (χ4n) is 2.11. The third-order valence-corrected chi connectivity index (χ3v) is 3.58. The van der Waals surface area contributed by atoms with Crippen LogP contribution in [-0.2, 0) is 7.05 Å². The standard InChI is InChI=1S/C14H20ClN3O/c1-9(8-19)7-16-10(2)14-17-12-6-11(15)4-5-13(12)18(14)3/h4-6,9-10,16,19H,7-8H2,1-3H3. The first-order valence-electron chi connectivity index (χ1n) is 6.49. The fraction of sp³-hybridized carbons (Fsp3) is 0.500. The molecule has 0 fully saturated rings. The lowest BCUT2D eigenvalue weighted by atomic mass is 10.2. The maximum atomic E-state index is 9.04. The number of hydrogen-bond acceptors (Lipinski definition) is 3. The van der Waals surface area contributed by atoms with Gasteiger partial charge in [0, 0.05) is 25.2 Å². The Bertz CT molecular complexity index is 567. The van der Waals surface area contributed by atoms with Crippen molar-refractivity contribution in [2.45, 2.75) is 19.9 Å². The second kappa shape index (κ2) is 5.90. The first kappa shape index (κ1) is 14.3. The monoisotopic (exact) mass is 281 g/mol. The maximum Gasteiger partial charge on any atom is 0.126 e. The molecule has 0 saturated heterocycles. The summed E-state index contributed by atoms with van der Waals surface area (Å²) >= 11 is 5.99. The molecule has 2 unspecified atom stereocenters. The normalized spacial score (nSPS) is 14.8. The molecule has 104 valence electrons. The first-order valence-corrected chi connectivity index (χ1v) is 6.86. The topological polar surface area (TPSA) is 50.1 Å². The molecule has 0 spiro atoms. The molecule has 19 heavy (non-hydrogen) atoms. The van der Waals surface area contributed by atoms with E-state index in [1.54, 1.807) is 0 Å². The highest BCUT2D eigenvalue weighted by Gasteiger charge is 2.15. The van der Waals surface area contributed by atoms with Crippen molar-refractivity contribution in [3.8, 4) is 0 Å². The number of halogens is 1. The minimum atomic E-state index is 0.130. The fourth-order valence-corrected chi connectivity index (χ4v) is 2.28. The van der Waals surface area contributed by atoms with Gasteiger partial charge in [-0.25, -0.2) is 4.98 Å². The Morgan fingerprint density at radius 1 is 1.42 bits per heavy atom. The molecule has 4 nitrogen and oxygen atoms in total. The molecule has 1 aromatic carbocycles. The predicted octanol–water partition coefficient (Wildman–Crippen LogP) is 2.51. The van der Waals surface area contributed by atoms with E-state index in [2.05, 4.69) is 21.8 Å². The van der Waals surface area contributed by atoms with Gasteiger partial charge in [-0.3, -0.25) is 0 Å². The lowest BCUT2D eigenvalue weighted by molar-refractivity contribution is 0.230. The summed E-state index contributed by atoms with van der Waals surface area (Å²) in [5.41, 5.74) is 1.98. The molecule has 0 aliphatic heterocycles. The minimum absolute atomic E-state index is 0.130. The van der Waals surface area contributed by atoms with E-state index in [9.17, 15) is 0 Å². The van der Waals surface area contributed by atoms with Crippen LogP contribution in [-0.4, -0.2) is 27.8 Å². The van der Waals surface area contributed by atoms with E-state index in [-0.39, 0.29) is 18.6 Å². The maximum absolute atomic E-state index is 9.04. The summed E-state index contributed by atoms with van der Waals surface area (Å²) in [7, 11) is 2.01. The molecule has 0 radical (unpaired) electrons. The molecule has 0 saturated carbocycles. The van der Waals surface area contributed by atoms with E-state index in [4.69, 9.17) is 16.7 Å². The number of aromatic nitrogens is 2. The van der Waals surface area contributed by atoms with Crippen molar-refractivity contribution in [2.24, 2.45) is 13.0 Å². The number of hydrogen-bond donors (Lipinski definition) is 2. The lowest BCUT2D eigenvalue weighted by Gasteiger charge is -2.16. The third-order valence-electron chi connectivity index (χ3n) is 3.35. The quantitative estimate of drug-likeness (QED) is 0.885. The minimum Gasteiger partial charge on any atom is -0.396 e. The molecule has 2 aromatic rings. The zero-order chi connectivity index (χ0) is 14.0. The summed E-state index contributed by atoms with van der Waals surface area (Å²) in [4.78, 5) is 4.63. The van der Waals surface area contributed by atoms with Gasteiger partial charge in [-0.1, -0.05) is 18.5 Å². The number of benzene rings is 1. The number of fused-ring (bicyclic) bond motifs is 1. The molecule has 2 atom stereocenters. The molecule has 2 N–H and O–H groups in total. The van der Waals surface area contributed by atoms with Gasteiger partial charge in [0.15, 0.2) is 0 Å². The van der Waals surface area contributed by atoms with Crippen LogP contribution in [0.5, 0.6) is 0 Å². The Labute approximate surface area is 118 Å². The van der Waals surface area contributed by atoms with Crippen LogP contribution in [0.3, 0.4) is 0 Å². The number of aliphatic hydroxyl groups is 1. The number of nitrogens with one attached hydrogen (secondary N) is 1. The van der Waals surface area contributed by atoms with Crippen LogP contribution < -0.4 is 5.32 Å². The van der Waals surface area contributed by atoms with Crippen molar-refractivity contribution in [1.82, 2.24) is 14.9 Å². The zero-order valence-electron chi connectivity index (χ0n) is 11.5. The van der Waals surface area contributed by atoms with Crippen LogP contribution >= 0.6 is 11.6 Å². The summed E-state index contributed by atoms with van der Waals surface area (Å²) in [5.74, 6) is 1.22. The Morgan fingerprint density at radius 3 is 2.84 bits per heavy atom. The summed E-state index contributed by atoms with van der Waals surface area (Å²) < 4.78 is 2.08. The van der Waals surface area contributed by atoms with Gasteiger partial charge in [0.25, 0.3) is 0 Å². The average molecular weight is 282 g/mol. The van der Waals surface area contributed by atoms with Gasteiger partial charge in [-0.15, -0.1) is 0 Å². The number of nitrogens with zero attached hydrogens (tertiary/aromatic N) is 2.